The monoisotopic (exact) mass is 271 g/mol. The molecule has 0 bridgehead atoms. The molecule has 0 saturated heterocycles. The predicted octanol–water partition coefficient (Wildman–Crippen LogP) is 2.77. The van der Waals surface area contributed by atoms with Crippen LogP contribution in [0.1, 0.15) is 21.5 Å². The third-order valence-corrected chi connectivity index (χ3v) is 2.67. The highest BCUT2D eigenvalue weighted by Crippen LogP contribution is 2.14. The van der Waals surface area contributed by atoms with Crippen LogP contribution in [0.25, 0.3) is 0 Å². The van der Waals surface area contributed by atoms with E-state index in [1.54, 1.807) is 36.4 Å². The fourth-order valence-electron chi connectivity index (χ4n) is 1.66. The van der Waals surface area contributed by atoms with Gasteiger partial charge in [-0.15, -0.1) is 0 Å². The van der Waals surface area contributed by atoms with Crippen LogP contribution in [-0.4, -0.2) is 22.5 Å². The average Bonchev–Trinajstić information content (AvgIpc) is 2.46. The topological polar surface area (TPSA) is 79.1 Å². The average molecular weight is 271 g/mol. The summed E-state index contributed by atoms with van der Waals surface area (Å²) < 4.78 is 5.59. The number of carbonyl (C=O) groups is 1. The highest BCUT2D eigenvalue weighted by molar-refractivity contribution is 5.87. The van der Waals surface area contributed by atoms with Crippen LogP contribution in [-0.2, 0) is 6.61 Å². The summed E-state index contributed by atoms with van der Waals surface area (Å²) in [6.07, 6.45) is 1.31. The van der Waals surface area contributed by atoms with Gasteiger partial charge in [-0.05, 0) is 35.4 Å². The van der Waals surface area contributed by atoms with Gasteiger partial charge < -0.3 is 15.1 Å². The zero-order valence-corrected chi connectivity index (χ0v) is 10.6. The number of hydrogen-bond donors (Lipinski definition) is 2. The van der Waals surface area contributed by atoms with Gasteiger partial charge in [-0.25, -0.2) is 4.79 Å². The van der Waals surface area contributed by atoms with Gasteiger partial charge in [-0.1, -0.05) is 29.4 Å². The van der Waals surface area contributed by atoms with E-state index in [9.17, 15) is 4.79 Å². The molecular formula is C15H13NO4. The van der Waals surface area contributed by atoms with Gasteiger partial charge in [-0.3, -0.25) is 0 Å². The number of ether oxygens (including phenoxy) is 1. The molecule has 102 valence electrons. The predicted molar refractivity (Wildman–Crippen MR) is 73.6 cm³/mol. The van der Waals surface area contributed by atoms with Crippen molar-refractivity contribution >= 4 is 12.2 Å². The van der Waals surface area contributed by atoms with E-state index in [0.717, 1.165) is 11.1 Å². The minimum atomic E-state index is -0.950. The molecular weight excluding hydrogens is 258 g/mol. The number of rotatable bonds is 5. The zero-order chi connectivity index (χ0) is 14.4. The Kier molecular flexibility index (Phi) is 4.34. The van der Waals surface area contributed by atoms with Crippen LogP contribution in [0.15, 0.2) is 53.7 Å². The lowest BCUT2D eigenvalue weighted by atomic mass is 10.1. The van der Waals surface area contributed by atoms with Crippen LogP contribution in [0, 0.1) is 0 Å². The van der Waals surface area contributed by atoms with Crippen molar-refractivity contribution in [3.63, 3.8) is 0 Å². The SMILES string of the molecule is O=C(O)c1ccc(COc2cccc(/C=N\O)c2)cc1. The van der Waals surface area contributed by atoms with E-state index in [1.807, 2.05) is 0 Å². The smallest absolute Gasteiger partial charge is 0.335 e. The van der Waals surface area contributed by atoms with Gasteiger partial charge in [0.25, 0.3) is 0 Å². The number of carboxylic acid groups (broad SMARTS) is 1. The van der Waals surface area contributed by atoms with Gasteiger partial charge in [0.2, 0.25) is 0 Å². The van der Waals surface area contributed by atoms with E-state index < -0.39 is 5.97 Å². The fourth-order valence-corrected chi connectivity index (χ4v) is 1.66. The van der Waals surface area contributed by atoms with E-state index in [4.69, 9.17) is 15.1 Å². The van der Waals surface area contributed by atoms with Crippen LogP contribution < -0.4 is 4.74 Å². The standard InChI is InChI=1S/C15H13NO4/c17-15(18)13-6-4-11(5-7-13)10-20-14-3-1-2-12(8-14)9-16-19/h1-9,19H,10H2,(H,17,18)/b16-9-. The van der Waals surface area contributed by atoms with E-state index in [2.05, 4.69) is 5.16 Å². The number of oxime groups is 1. The molecule has 0 unspecified atom stereocenters. The van der Waals surface area contributed by atoms with Crippen LogP contribution in [0.2, 0.25) is 0 Å². The number of hydrogen-bond acceptors (Lipinski definition) is 4. The summed E-state index contributed by atoms with van der Waals surface area (Å²) in [6, 6.07) is 13.6. The van der Waals surface area contributed by atoms with Gasteiger partial charge in [0.05, 0.1) is 11.8 Å². The van der Waals surface area contributed by atoms with Crippen molar-refractivity contribution in [3.8, 4) is 5.75 Å². The first-order valence-corrected chi connectivity index (χ1v) is 5.91. The largest absolute Gasteiger partial charge is 0.489 e. The van der Waals surface area contributed by atoms with Crippen molar-refractivity contribution in [2.45, 2.75) is 6.61 Å². The molecule has 2 aromatic carbocycles. The first-order chi connectivity index (χ1) is 9.69. The molecule has 20 heavy (non-hydrogen) atoms. The van der Waals surface area contributed by atoms with Crippen molar-refractivity contribution in [2.24, 2.45) is 5.16 Å². The molecule has 5 nitrogen and oxygen atoms in total. The molecule has 0 atom stereocenters. The highest BCUT2D eigenvalue weighted by Gasteiger charge is 2.02. The van der Waals surface area contributed by atoms with E-state index in [-0.39, 0.29) is 5.56 Å². The van der Waals surface area contributed by atoms with Crippen molar-refractivity contribution in [2.75, 3.05) is 0 Å². The first-order valence-electron chi connectivity index (χ1n) is 5.91. The highest BCUT2D eigenvalue weighted by atomic mass is 16.5. The van der Waals surface area contributed by atoms with Gasteiger partial charge >= 0.3 is 5.97 Å². The van der Waals surface area contributed by atoms with E-state index >= 15 is 0 Å². The van der Waals surface area contributed by atoms with Gasteiger partial charge in [0.1, 0.15) is 12.4 Å². The fraction of sp³-hybridized carbons (Fsp3) is 0.0667. The van der Waals surface area contributed by atoms with Gasteiger partial charge in [0, 0.05) is 0 Å². The van der Waals surface area contributed by atoms with E-state index in [0.29, 0.717) is 12.4 Å². The third-order valence-electron chi connectivity index (χ3n) is 2.67. The molecule has 0 spiro atoms. The Hall–Kier alpha value is -2.82. The molecule has 5 heteroatoms. The molecule has 2 rings (SSSR count). The molecule has 0 aliphatic carbocycles. The van der Waals surface area contributed by atoms with Crippen LogP contribution in [0.5, 0.6) is 5.75 Å². The maximum atomic E-state index is 10.7. The van der Waals surface area contributed by atoms with Crippen LogP contribution in [0.3, 0.4) is 0 Å². The van der Waals surface area contributed by atoms with E-state index in [1.165, 1.54) is 18.3 Å². The summed E-state index contributed by atoms with van der Waals surface area (Å²) in [5.74, 6) is -0.307. The Morgan fingerprint density at radius 2 is 1.95 bits per heavy atom. The lowest BCUT2D eigenvalue weighted by Crippen LogP contribution is -1.99. The second-order valence-corrected chi connectivity index (χ2v) is 4.11. The van der Waals surface area contributed by atoms with Crippen molar-refractivity contribution in [1.29, 1.82) is 0 Å². The molecule has 0 amide bonds. The quantitative estimate of drug-likeness (QED) is 0.498. The summed E-state index contributed by atoms with van der Waals surface area (Å²) in [5, 5.41) is 20.2. The molecule has 2 aromatic rings. The Morgan fingerprint density at radius 3 is 2.60 bits per heavy atom. The van der Waals surface area contributed by atoms with Gasteiger partial charge in [-0.2, -0.15) is 0 Å². The Bertz CT molecular complexity index is 620. The molecule has 0 aliphatic rings. The molecule has 0 heterocycles. The number of benzene rings is 2. The summed E-state index contributed by atoms with van der Waals surface area (Å²) >= 11 is 0. The lowest BCUT2D eigenvalue weighted by molar-refractivity contribution is 0.0697. The Balaban J connectivity index is 2.01. The van der Waals surface area contributed by atoms with Crippen molar-refractivity contribution < 1.29 is 19.8 Å². The number of aromatic carboxylic acids is 1. The van der Waals surface area contributed by atoms with Crippen LogP contribution in [0.4, 0.5) is 0 Å². The second-order valence-electron chi connectivity index (χ2n) is 4.11. The molecule has 0 radical (unpaired) electrons. The summed E-state index contributed by atoms with van der Waals surface area (Å²) in [4.78, 5) is 10.7. The lowest BCUT2D eigenvalue weighted by Gasteiger charge is -2.07. The molecule has 0 fully saturated rings. The molecule has 2 N–H and O–H groups in total. The third kappa shape index (κ3) is 3.58. The molecule has 0 saturated carbocycles. The summed E-state index contributed by atoms with van der Waals surface area (Å²) in [5.41, 5.74) is 1.84. The second kappa shape index (κ2) is 6.38. The minimum absolute atomic E-state index is 0.245. The maximum Gasteiger partial charge on any atom is 0.335 e. The molecule has 0 aliphatic heterocycles. The number of nitrogens with zero attached hydrogens (tertiary/aromatic N) is 1. The minimum Gasteiger partial charge on any atom is -0.489 e. The Labute approximate surface area is 115 Å². The normalized spacial score (nSPS) is 10.6. The number of carboxylic acids is 1. The van der Waals surface area contributed by atoms with Gasteiger partial charge in [0.15, 0.2) is 0 Å². The van der Waals surface area contributed by atoms with Crippen molar-refractivity contribution in [3.05, 3.63) is 65.2 Å². The first kappa shape index (κ1) is 13.6. The van der Waals surface area contributed by atoms with Crippen LogP contribution >= 0.6 is 0 Å². The summed E-state index contributed by atoms with van der Waals surface area (Å²) in [7, 11) is 0. The summed E-state index contributed by atoms with van der Waals surface area (Å²) in [6.45, 7) is 0.333. The molecule has 0 aromatic heterocycles. The maximum absolute atomic E-state index is 10.7. The zero-order valence-electron chi connectivity index (χ0n) is 10.6. The Morgan fingerprint density at radius 1 is 1.20 bits per heavy atom. The van der Waals surface area contributed by atoms with Crippen molar-refractivity contribution in [1.82, 2.24) is 0 Å².